The number of halogens is 1. The zero-order valence-corrected chi connectivity index (χ0v) is 25.8. The largest absolute Gasteiger partial charge is 0.494 e. The molecule has 0 aliphatic carbocycles. The second-order valence-electron chi connectivity index (χ2n) is 11.5. The van der Waals surface area contributed by atoms with Crippen LogP contribution in [-0.2, 0) is 0 Å². The molecule has 2 N–H and O–H groups in total. The minimum atomic E-state index is -0.313. The molecule has 2 aromatic heterocycles. The molecule has 0 atom stereocenters. The first kappa shape index (κ1) is 29.8. The summed E-state index contributed by atoms with van der Waals surface area (Å²) < 4.78 is 20.1. The van der Waals surface area contributed by atoms with Crippen molar-refractivity contribution in [3.8, 4) is 17.0 Å². The average Bonchev–Trinajstić information content (AvgIpc) is 3.06. The third-order valence-electron chi connectivity index (χ3n) is 8.81. The van der Waals surface area contributed by atoms with Crippen molar-refractivity contribution in [2.24, 2.45) is 0 Å². The summed E-state index contributed by atoms with van der Waals surface area (Å²) in [5.74, 6) is 1.67. The smallest absolute Gasteiger partial charge is 0.144 e. The lowest BCUT2D eigenvalue weighted by atomic mass is 10.0. The lowest BCUT2D eigenvalue weighted by Gasteiger charge is -2.43. The number of hydrogen-bond donors (Lipinski definition) is 2. The van der Waals surface area contributed by atoms with Crippen molar-refractivity contribution < 1.29 is 9.13 Å². The molecule has 2 aliphatic heterocycles. The van der Waals surface area contributed by atoms with E-state index in [1.54, 1.807) is 37.6 Å². The molecule has 2 aromatic carbocycles. The molecule has 0 unspecified atom stereocenters. The van der Waals surface area contributed by atoms with Crippen molar-refractivity contribution >= 4 is 28.7 Å². The van der Waals surface area contributed by atoms with Gasteiger partial charge in [-0.2, -0.15) is 0 Å². The normalized spacial score (nSPS) is 16.6. The lowest BCUT2D eigenvalue weighted by Crippen LogP contribution is -2.53. The highest BCUT2D eigenvalue weighted by Crippen LogP contribution is 2.36. The molecule has 0 spiro atoms. The van der Waals surface area contributed by atoms with E-state index in [-0.39, 0.29) is 5.82 Å². The number of nitrogens with one attached hydrogen (secondary N) is 2. The minimum absolute atomic E-state index is 0.313. The molecule has 2 saturated heterocycles. The maximum atomic E-state index is 14.3. The summed E-state index contributed by atoms with van der Waals surface area (Å²) in [6, 6.07) is 17.0. The van der Waals surface area contributed by atoms with Crippen molar-refractivity contribution in [1.82, 2.24) is 24.8 Å². The first-order chi connectivity index (χ1) is 21.5. The molecule has 4 heterocycles. The molecule has 44 heavy (non-hydrogen) atoms. The molecule has 0 amide bonds. The van der Waals surface area contributed by atoms with E-state index in [1.165, 1.54) is 62.7 Å². The van der Waals surface area contributed by atoms with Crippen LogP contribution >= 0.6 is 0 Å². The molecule has 230 valence electrons. The Morgan fingerprint density at radius 1 is 0.886 bits per heavy atom. The number of piperidine rings is 1. The zero-order chi connectivity index (χ0) is 30.5. The molecule has 9 nitrogen and oxygen atoms in total. The predicted molar refractivity (Wildman–Crippen MR) is 175 cm³/mol. The highest BCUT2D eigenvalue weighted by molar-refractivity contribution is 5.73. The molecule has 2 aliphatic rings. The fourth-order valence-corrected chi connectivity index (χ4v) is 6.31. The Balaban J connectivity index is 1.12. The van der Waals surface area contributed by atoms with Gasteiger partial charge in [0, 0.05) is 80.6 Å². The van der Waals surface area contributed by atoms with Crippen molar-refractivity contribution in [2.45, 2.75) is 32.7 Å². The van der Waals surface area contributed by atoms with Crippen LogP contribution in [0.1, 0.15) is 25.3 Å². The van der Waals surface area contributed by atoms with Crippen LogP contribution in [0.15, 0.2) is 67.1 Å². The summed E-state index contributed by atoms with van der Waals surface area (Å²) >= 11 is 0. The molecule has 10 heteroatoms. The molecule has 2 fully saturated rings. The summed E-state index contributed by atoms with van der Waals surface area (Å²) in [5.41, 5.74) is 4.98. The number of nitrogens with zero attached hydrogens (tertiary/aromatic N) is 6. The Kier molecular flexibility index (Phi) is 9.18. The minimum Gasteiger partial charge on any atom is -0.494 e. The lowest BCUT2D eigenvalue weighted by molar-refractivity contribution is 0.0878. The average molecular weight is 597 g/mol. The predicted octanol–water partition coefficient (Wildman–Crippen LogP) is 6.09. The van der Waals surface area contributed by atoms with Crippen molar-refractivity contribution in [3.05, 3.63) is 78.5 Å². The molecule has 6 rings (SSSR count). The molecule has 0 bridgehead atoms. The number of hydrogen-bond acceptors (Lipinski definition) is 9. The van der Waals surface area contributed by atoms with E-state index in [9.17, 15) is 4.39 Å². The molecular weight excluding hydrogens is 555 g/mol. The van der Waals surface area contributed by atoms with Crippen molar-refractivity contribution in [2.75, 3.05) is 68.5 Å². The summed E-state index contributed by atoms with van der Waals surface area (Å²) in [6.45, 7) is 12.4. The first-order valence-electron chi connectivity index (χ1n) is 15.5. The van der Waals surface area contributed by atoms with Crippen LogP contribution in [-0.4, -0.2) is 83.7 Å². The SMILES string of the molecule is CCN1CCN(C2CCN(c3cc(OC)c(Nc4cc(Nc5ccnc(-c6ccccc6F)c5)ncn4)cc3C)CC2)CC1. The number of likely N-dealkylation sites (N-methyl/N-ethyl adjacent to an activating group) is 1. The van der Waals surface area contributed by atoms with E-state index in [2.05, 4.69) is 66.3 Å². The van der Waals surface area contributed by atoms with Gasteiger partial charge in [0.05, 0.1) is 18.5 Å². The van der Waals surface area contributed by atoms with Crippen LogP contribution < -0.4 is 20.3 Å². The number of pyridine rings is 1. The van der Waals surface area contributed by atoms with E-state index in [0.717, 1.165) is 36.8 Å². The van der Waals surface area contributed by atoms with Crippen LogP contribution in [0.5, 0.6) is 5.75 Å². The number of aryl methyl sites for hydroxylation is 1. The van der Waals surface area contributed by atoms with Crippen molar-refractivity contribution in [1.29, 1.82) is 0 Å². The van der Waals surface area contributed by atoms with Gasteiger partial charge >= 0.3 is 0 Å². The molecular formula is C34H41FN8O. The van der Waals surface area contributed by atoms with Crippen LogP contribution in [0.3, 0.4) is 0 Å². The van der Waals surface area contributed by atoms with E-state index in [4.69, 9.17) is 4.74 Å². The van der Waals surface area contributed by atoms with Gasteiger partial charge in [0.15, 0.2) is 0 Å². The van der Waals surface area contributed by atoms with Crippen molar-refractivity contribution in [3.63, 3.8) is 0 Å². The second kappa shape index (κ2) is 13.6. The van der Waals surface area contributed by atoms with E-state index >= 15 is 0 Å². The monoisotopic (exact) mass is 596 g/mol. The van der Waals surface area contributed by atoms with Gasteiger partial charge in [-0.15, -0.1) is 0 Å². The summed E-state index contributed by atoms with van der Waals surface area (Å²) in [6.07, 6.45) is 5.52. The quantitative estimate of drug-likeness (QED) is 0.239. The van der Waals surface area contributed by atoms with Gasteiger partial charge in [0.2, 0.25) is 0 Å². The van der Waals surface area contributed by atoms with Gasteiger partial charge < -0.3 is 25.2 Å². The highest BCUT2D eigenvalue weighted by atomic mass is 19.1. The van der Waals surface area contributed by atoms with Gasteiger partial charge in [-0.25, -0.2) is 14.4 Å². The zero-order valence-electron chi connectivity index (χ0n) is 25.8. The highest BCUT2D eigenvalue weighted by Gasteiger charge is 2.28. The third-order valence-corrected chi connectivity index (χ3v) is 8.81. The fraction of sp³-hybridized carbons (Fsp3) is 0.382. The third kappa shape index (κ3) is 6.76. The van der Waals surface area contributed by atoms with Crippen LogP contribution in [0.2, 0.25) is 0 Å². The standard InChI is InChI=1S/C34H41FN8O/c1-4-41-15-17-42(18-16-41)26-10-13-43(14-11-26)31-21-32(44-3)30(19-24(31)2)40-34-22-33(37-23-38-34)39-25-9-12-36-29(20-25)27-7-5-6-8-28(27)35/h5-9,12,19-23,26H,4,10-11,13-18H2,1-3H3,(H2,36,37,38,39,40). The number of anilines is 5. The molecule has 4 aromatic rings. The Morgan fingerprint density at radius 3 is 2.36 bits per heavy atom. The summed E-state index contributed by atoms with van der Waals surface area (Å²) in [5, 5.41) is 6.70. The summed E-state index contributed by atoms with van der Waals surface area (Å²) in [4.78, 5) is 20.9. The second-order valence-corrected chi connectivity index (χ2v) is 11.5. The van der Waals surface area contributed by atoms with E-state index in [0.29, 0.717) is 28.9 Å². The number of piperazine rings is 1. The number of benzene rings is 2. The van der Waals surface area contributed by atoms with Crippen LogP contribution in [0, 0.1) is 12.7 Å². The van der Waals surface area contributed by atoms with Gasteiger partial charge in [-0.3, -0.25) is 9.88 Å². The van der Waals surface area contributed by atoms with Gasteiger partial charge in [0.25, 0.3) is 0 Å². The Bertz CT molecular complexity index is 1570. The maximum absolute atomic E-state index is 14.3. The first-order valence-corrected chi connectivity index (χ1v) is 15.5. The molecule has 0 saturated carbocycles. The molecule has 0 radical (unpaired) electrons. The van der Waals surface area contributed by atoms with Gasteiger partial charge in [0.1, 0.15) is 29.5 Å². The Morgan fingerprint density at radius 2 is 1.64 bits per heavy atom. The van der Waals surface area contributed by atoms with Crippen LogP contribution in [0.4, 0.5) is 33.1 Å². The Labute approximate surface area is 259 Å². The Hall–Kier alpha value is -4.28. The van der Waals surface area contributed by atoms with Gasteiger partial charge in [-0.05, 0) is 62.2 Å². The van der Waals surface area contributed by atoms with E-state index < -0.39 is 0 Å². The fourth-order valence-electron chi connectivity index (χ4n) is 6.31. The number of rotatable bonds is 9. The number of aromatic nitrogens is 3. The van der Waals surface area contributed by atoms with Gasteiger partial charge in [-0.1, -0.05) is 19.1 Å². The number of ether oxygens (including phenoxy) is 1. The number of methoxy groups -OCH3 is 1. The topological polar surface area (TPSA) is 81.7 Å². The summed E-state index contributed by atoms with van der Waals surface area (Å²) in [7, 11) is 1.70. The maximum Gasteiger partial charge on any atom is 0.144 e. The van der Waals surface area contributed by atoms with E-state index in [1.807, 2.05) is 12.1 Å². The van der Waals surface area contributed by atoms with Crippen LogP contribution in [0.25, 0.3) is 11.3 Å².